The highest BCUT2D eigenvalue weighted by atomic mass is 35.5. The third kappa shape index (κ3) is 2.84. The van der Waals surface area contributed by atoms with Gasteiger partial charge in [-0.05, 0) is 25.2 Å². The molecule has 0 radical (unpaired) electrons. The third-order valence-electron chi connectivity index (χ3n) is 4.04. The fourth-order valence-corrected chi connectivity index (χ4v) is 3.22. The first kappa shape index (κ1) is 13.1. The van der Waals surface area contributed by atoms with Gasteiger partial charge in [-0.3, -0.25) is 4.90 Å². The Morgan fingerprint density at radius 1 is 1.32 bits per heavy atom. The molecule has 1 saturated carbocycles. The van der Waals surface area contributed by atoms with Crippen molar-refractivity contribution in [3.63, 3.8) is 0 Å². The zero-order valence-corrected chi connectivity index (χ0v) is 12.3. The number of anilines is 1. The first-order chi connectivity index (χ1) is 9.15. The van der Waals surface area contributed by atoms with Gasteiger partial charge in [-0.1, -0.05) is 25.4 Å². The van der Waals surface area contributed by atoms with Gasteiger partial charge in [0.1, 0.15) is 17.3 Å². The number of likely N-dealkylation sites (tertiary alicyclic amines) is 1. The molecule has 1 unspecified atom stereocenters. The van der Waals surface area contributed by atoms with Crippen molar-refractivity contribution in [2.45, 2.75) is 51.1 Å². The minimum Gasteiger partial charge on any atom is -0.366 e. The maximum atomic E-state index is 6.20. The van der Waals surface area contributed by atoms with Gasteiger partial charge < -0.3 is 5.32 Å². The minimum atomic E-state index is 0.331. The van der Waals surface area contributed by atoms with E-state index >= 15 is 0 Å². The smallest absolute Gasteiger partial charge is 0.138 e. The van der Waals surface area contributed by atoms with Crippen LogP contribution in [-0.4, -0.2) is 40.0 Å². The fraction of sp³-hybridized carbons (Fsp3) is 0.714. The van der Waals surface area contributed by atoms with Gasteiger partial charge in [0.05, 0.1) is 0 Å². The lowest BCUT2D eigenvalue weighted by Crippen LogP contribution is -2.28. The summed E-state index contributed by atoms with van der Waals surface area (Å²) in [5, 5.41) is 4.14. The van der Waals surface area contributed by atoms with Crippen LogP contribution in [0.4, 0.5) is 5.82 Å². The summed E-state index contributed by atoms with van der Waals surface area (Å²) < 4.78 is 0. The van der Waals surface area contributed by atoms with E-state index in [-0.39, 0.29) is 0 Å². The van der Waals surface area contributed by atoms with E-state index in [0.29, 0.717) is 17.1 Å². The lowest BCUT2D eigenvalue weighted by molar-refractivity contribution is 0.326. The SMILES string of the molecule is CC(C)c1c(Cl)ncnc1NC1CCN(C2CC2)C1. The third-order valence-corrected chi connectivity index (χ3v) is 4.34. The molecule has 3 rings (SSSR count). The Balaban J connectivity index is 1.71. The Hall–Kier alpha value is -0.870. The Morgan fingerprint density at radius 2 is 2.11 bits per heavy atom. The van der Waals surface area contributed by atoms with Crippen molar-refractivity contribution in [1.82, 2.24) is 14.9 Å². The number of hydrogen-bond acceptors (Lipinski definition) is 4. The molecule has 1 atom stereocenters. The van der Waals surface area contributed by atoms with Gasteiger partial charge in [0, 0.05) is 30.7 Å². The molecular weight excluding hydrogens is 260 g/mol. The quantitative estimate of drug-likeness (QED) is 0.861. The van der Waals surface area contributed by atoms with Crippen LogP contribution in [0, 0.1) is 0 Å². The van der Waals surface area contributed by atoms with Gasteiger partial charge in [0.2, 0.25) is 0 Å². The highest BCUT2D eigenvalue weighted by molar-refractivity contribution is 6.30. The van der Waals surface area contributed by atoms with E-state index in [9.17, 15) is 0 Å². The first-order valence-corrected chi connectivity index (χ1v) is 7.54. The summed E-state index contributed by atoms with van der Waals surface area (Å²) in [5.41, 5.74) is 1.04. The molecule has 104 valence electrons. The molecule has 1 N–H and O–H groups in total. The molecule has 1 aliphatic carbocycles. The van der Waals surface area contributed by atoms with Crippen molar-refractivity contribution in [3.8, 4) is 0 Å². The van der Waals surface area contributed by atoms with Gasteiger partial charge in [-0.15, -0.1) is 0 Å². The highest BCUT2D eigenvalue weighted by Crippen LogP contribution is 2.32. The number of nitrogens with zero attached hydrogens (tertiary/aromatic N) is 3. The molecule has 2 heterocycles. The molecule has 19 heavy (non-hydrogen) atoms. The second-order valence-corrected chi connectivity index (χ2v) is 6.30. The summed E-state index contributed by atoms with van der Waals surface area (Å²) in [6.07, 6.45) is 5.49. The lowest BCUT2D eigenvalue weighted by Gasteiger charge is -2.19. The van der Waals surface area contributed by atoms with Crippen LogP contribution in [0.2, 0.25) is 5.15 Å². The first-order valence-electron chi connectivity index (χ1n) is 7.16. The molecule has 2 aliphatic rings. The van der Waals surface area contributed by atoms with Crippen molar-refractivity contribution in [1.29, 1.82) is 0 Å². The summed E-state index contributed by atoms with van der Waals surface area (Å²) in [4.78, 5) is 11.1. The molecule has 2 fully saturated rings. The number of hydrogen-bond donors (Lipinski definition) is 1. The number of halogens is 1. The van der Waals surface area contributed by atoms with Crippen molar-refractivity contribution < 1.29 is 0 Å². The van der Waals surface area contributed by atoms with E-state index in [2.05, 4.69) is 34.0 Å². The highest BCUT2D eigenvalue weighted by Gasteiger charge is 2.34. The van der Waals surface area contributed by atoms with Gasteiger partial charge in [-0.2, -0.15) is 0 Å². The van der Waals surface area contributed by atoms with Gasteiger partial charge in [0.25, 0.3) is 0 Å². The van der Waals surface area contributed by atoms with Crippen LogP contribution >= 0.6 is 11.6 Å². The van der Waals surface area contributed by atoms with E-state index in [4.69, 9.17) is 11.6 Å². The molecule has 0 spiro atoms. The molecule has 1 aliphatic heterocycles. The molecule has 0 amide bonds. The predicted octanol–water partition coefficient (Wildman–Crippen LogP) is 2.90. The van der Waals surface area contributed by atoms with E-state index in [1.165, 1.54) is 25.8 Å². The second kappa shape index (κ2) is 5.25. The average Bonchev–Trinajstić information content (AvgIpc) is 3.10. The summed E-state index contributed by atoms with van der Waals surface area (Å²) >= 11 is 6.20. The molecular formula is C14H21ClN4. The molecule has 5 heteroatoms. The van der Waals surface area contributed by atoms with E-state index < -0.39 is 0 Å². The maximum Gasteiger partial charge on any atom is 0.138 e. The standard InChI is InChI=1S/C14H21ClN4/c1-9(2)12-13(15)16-8-17-14(12)18-10-5-6-19(7-10)11-3-4-11/h8-11H,3-7H2,1-2H3,(H,16,17,18). The summed E-state index contributed by atoms with van der Waals surface area (Å²) in [5.74, 6) is 1.25. The molecule has 4 nitrogen and oxygen atoms in total. The molecule has 0 bridgehead atoms. The lowest BCUT2D eigenvalue weighted by atomic mass is 10.1. The van der Waals surface area contributed by atoms with E-state index in [1.54, 1.807) is 6.33 Å². The van der Waals surface area contributed by atoms with Crippen LogP contribution in [-0.2, 0) is 0 Å². The number of nitrogens with one attached hydrogen (secondary N) is 1. The summed E-state index contributed by atoms with van der Waals surface area (Å²) in [7, 11) is 0. The molecule has 1 aromatic rings. The molecule has 0 aromatic carbocycles. The normalized spacial score (nSPS) is 24.1. The van der Waals surface area contributed by atoms with Crippen molar-refractivity contribution in [2.24, 2.45) is 0 Å². The second-order valence-electron chi connectivity index (χ2n) is 5.94. The van der Waals surface area contributed by atoms with Gasteiger partial charge in [0.15, 0.2) is 0 Å². The van der Waals surface area contributed by atoms with Crippen LogP contribution in [0.5, 0.6) is 0 Å². The Bertz CT molecular complexity index is 459. The van der Waals surface area contributed by atoms with Crippen LogP contribution in [0.15, 0.2) is 6.33 Å². The molecule has 1 saturated heterocycles. The monoisotopic (exact) mass is 280 g/mol. The van der Waals surface area contributed by atoms with Gasteiger partial charge >= 0.3 is 0 Å². The van der Waals surface area contributed by atoms with E-state index in [0.717, 1.165) is 24.0 Å². The maximum absolute atomic E-state index is 6.20. The Morgan fingerprint density at radius 3 is 2.79 bits per heavy atom. The average molecular weight is 281 g/mol. The van der Waals surface area contributed by atoms with Crippen molar-refractivity contribution in [3.05, 3.63) is 17.0 Å². The molecule has 1 aromatic heterocycles. The fourth-order valence-electron chi connectivity index (χ4n) is 2.87. The zero-order chi connectivity index (χ0) is 13.4. The Kier molecular flexibility index (Phi) is 3.63. The summed E-state index contributed by atoms with van der Waals surface area (Å²) in [6, 6.07) is 1.34. The predicted molar refractivity (Wildman–Crippen MR) is 77.8 cm³/mol. The van der Waals surface area contributed by atoms with Crippen LogP contribution in [0.3, 0.4) is 0 Å². The Labute approximate surface area is 119 Å². The summed E-state index contributed by atoms with van der Waals surface area (Å²) in [6.45, 7) is 6.59. The van der Waals surface area contributed by atoms with Crippen molar-refractivity contribution >= 4 is 17.4 Å². The van der Waals surface area contributed by atoms with Crippen molar-refractivity contribution in [2.75, 3.05) is 18.4 Å². The number of rotatable bonds is 4. The largest absolute Gasteiger partial charge is 0.366 e. The zero-order valence-electron chi connectivity index (χ0n) is 11.6. The number of aromatic nitrogens is 2. The van der Waals surface area contributed by atoms with Gasteiger partial charge in [-0.25, -0.2) is 9.97 Å². The topological polar surface area (TPSA) is 41.1 Å². The minimum absolute atomic E-state index is 0.331. The van der Waals surface area contributed by atoms with Crippen LogP contribution in [0.25, 0.3) is 0 Å². The van der Waals surface area contributed by atoms with Crippen LogP contribution < -0.4 is 5.32 Å². The van der Waals surface area contributed by atoms with Crippen LogP contribution in [0.1, 0.15) is 44.6 Å². The van der Waals surface area contributed by atoms with E-state index in [1.807, 2.05) is 0 Å².